The van der Waals surface area contributed by atoms with Crippen molar-refractivity contribution in [2.75, 3.05) is 6.61 Å². The molecule has 0 saturated carbocycles. The molecule has 2 aromatic rings. The fourth-order valence-electron chi connectivity index (χ4n) is 1.40. The summed E-state index contributed by atoms with van der Waals surface area (Å²) in [6.45, 7) is 2.39. The van der Waals surface area contributed by atoms with E-state index in [2.05, 4.69) is 25.9 Å². The molecule has 15 heavy (non-hydrogen) atoms. The van der Waals surface area contributed by atoms with Gasteiger partial charge in [-0.15, -0.1) is 0 Å². The van der Waals surface area contributed by atoms with Crippen LogP contribution in [-0.2, 0) is 0 Å². The summed E-state index contributed by atoms with van der Waals surface area (Å²) >= 11 is 3.35. The summed E-state index contributed by atoms with van der Waals surface area (Å²) in [4.78, 5) is 18.2. The Bertz CT molecular complexity index is 551. The number of halogens is 1. The molecule has 1 N–H and O–H groups in total. The molecule has 1 aromatic heterocycles. The van der Waals surface area contributed by atoms with Gasteiger partial charge in [0.1, 0.15) is 11.1 Å². The Kier molecular flexibility index (Phi) is 2.73. The maximum atomic E-state index is 11.6. The van der Waals surface area contributed by atoms with Crippen LogP contribution in [0.25, 0.3) is 10.9 Å². The molecule has 0 saturated heterocycles. The standard InChI is InChI=1S/C10H9BrN2O2/c1-2-15-8-4-6(11)3-7-9(8)10(14)13-5-12-7/h3-5H,2H2,1H3,(H,12,13,14). The van der Waals surface area contributed by atoms with E-state index < -0.39 is 0 Å². The number of benzene rings is 1. The SMILES string of the molecule is CCOc1cc(Br)cc2nc[nH]c(=O)c12. The molecule has 78 valence electrons. The van der Waals surface area contributed by atoms with Crippen LogP contribution in [0.4, 0.5) is 0 Å². The quantitative estimate of drug-likeness (QED) is 0.908. The molecule has 0 aliphatic heterocycles. The predicted molar refractivity (Wildman–Crippen MR) is 61.2 cm³/mol. The van der Waals surface area contributed by atoms with Crippen LogP contribution in [0.3, 0.4) is 0 Å². The van der Waals surface area contributed by atoms with Crippen molar-refractivity contribution in [1.82, 2.24) is 9.97 Å². The Balaban J connectivity index is 2.82. The topological polar surface area (TPSA) is 55.0 Å². The Morgan fingerprint density at radius 3 is 3.07 bits per heavy atom. The van der Waals surface area contributed by atoms with Crippen LogP contribution < -0.4 is 10.3 Å². The molecule has 2 rings (SSSR count). The second kappa shape index (κ2) is 4.02. The molecule has 0 atom stereocenters. The summed E-state index contributed by atoms with van der Waals surface area (Å²) in [5.41, 5.74) is 0.438. The fourth-order valence-corrected chi connectivity index (χ4v) is 1.82. The molecule has 0 spiro atoms. The first-order valence-electron chi connectivity index (χ1n) is 4.52. The Morgan fingerprint density at radius 1 is 1.53 bits per heavy atom. The van der Waals surface area contributed by atoms with Crippen LogP contribution in [0.1, 0.15) is 6.92 Å². The summed E-state index contributed by atoms with van der Waals surface area (Å²) in [6.07, 6.45) is 1.38. The number of ether oxygens (including phenoxy) is 1. The number of rotatable bonds is 2. The normalized spacial score (nSPS) is 10.5. The zero-order valence-corrected chi connectivity index (χ0v) is 9.67. The lowest BCUT2D eigenvalue weighted by molar-refractivity contribution is 0.344. The van der Waals surface area contributed by atoms with Crippen LogP contribution >= 0.6 is 15.9 Å². The second-order valence-corrected chi connectivity index (χ2v) is 3.88. The zero-order valence-electron chi connectivity index (χ0n) is 8.08. The molecule has 1 heterocycles. The molecule has 0 aliphatic carbocycles. The minimum Gasteiger partial charge on any atom is -0.493 e. The van der Waals surface area contributed by atoms with Gasteiger partial charge in [0.2, 0.25) is 0 Å². The van der Waals surface area contributed by atoms with E-state index >= 15 is 0 Å². The molecule has 1 aromatic carbocycles. The van der Waals surface area contributed by atoms with Gasteiger partial charge in [-0.3, -0.25) is 4.79 Å². The van der Waals surface area contributed by atoms with Crippen LogP contribution in [0.15, 0.2) is 27.7 Å². The van der Waals surface area contributed by atoms with E-state index in [0.29, 0.717) is 23.3 Å². The summed E-state index contributed by atoms with van der Waals surface area (Å²) in [5.74, 6) is 0.552. The van der Waals surface area contributed by atoms with E-state index in [0.717, 1.165) is 4.47 Å². The first-order chi connectivity index (χ1) is 7.22. The van der Waals surface area contributed by atoms with E-state index in [1.54, 1.807) is 12.1 Å². The van der Waals surface area contributed by atoms with E-state index in [1.165, 1.54) is 6.33 Å². The van der Waals surface area contributed by atoms with Gasteiger partial charge in [-0.25, -0.2) is 4.98 Å². The summed E-state index contributed by atoms with van der Waals surface area (Å²) in [5, 5.41) is 0.488. The Hall–Kier alpha value is -1.36. The summed E-state index contributed by atoms with van der Waals surface area (Å²) in [7, 11) is 0. The van der Waals surface area contributed by atoms with Gasteiger partial charge in [-0.2, -0.15) is 0 Å². The van der Waals surface area contributed by atoms with Gasteiger partial charge in [0, 0.05) is 4.47 Å². The third-order valence-electron chi connectivity index (χ3n) is 1.97. The van der Waals surface area contributed by atoms with Gasteiger partial charge in [0.05, 0.1) is 18.5 Å². The van der Waals surface area contributed by atoms with E-state index in [4.69, 9.17) is 4.74 Å². The van der Waals surface area contributed by atoms with Crippen molar-refractivity contribution in [3.8, 4) is 5.75 Å². The third kappa shape index (κ3) is 1.87. The maximum absolute atomic E-state index is 11.6. The summed E-state index contributed by atoms with van der Waals surface area (Å²) in [6, 6.07) is 3.55. The third-order valence-corrected chi connectivity index (χ3v) is 2.43. The highest BCUT2D eigenvalue weighted by molar-refractivity contribution is 9.10. The van der Waals surface area contributed by atoms with E-state index in [-0.39, 0.29) is 5.56 Å². The Labute approximate surface area is 94.4 Å². The molecule has 0 fully saturated rings. The smallest absolute Gasteiger partial charge is 0.262 e. The van der Waals surface area contributed by atoms with Crippen molar-refractivity contribution < 1.29 is 4.74 Å². The molecular weight excluding hydrogens is 260 g/mol. The molecule has 0 amide bonds. The minimum absolute atomic E-state index is 0.184. The van der Waals surface area contributed by atoms with Gasteiger partial charge in [-0.05, 0) is 19.1 Å². The number of aromatic amines is 1. The van der Waals surface area contributed by atoms with Crippen molar-refractivity contribution in [2.24, 2.45) is 0 Å². The number of nitrogens with zero attached hydrogens (tertiary/aromatic N) is 1. The van der Waals surface area contributed by atoms with Crippen molar-refractivity contribution >= 4 is 26.8 Å². The van der Waals surface area contributed by atoms with E-state index in [9.17, 15) is 4.79 Å². The monoisotopic (exact) mass is 268 g/mol. The lowest BCUT2D eigenvalue weighted by Gasteiger charge is -2.06. The van der Waals surface area contributed by atoms with Crippen LogP contribution in [0.5, 0.6) is 5.75 Å². The molecule has 0 unspecified atom stereocenters. The number of hydrogen-bond acceptors (Lipinski definition) is 3. The number of H-pyrrole nitrogens is 1. The van der Waals surface area contributed by atoms with Gasteiger partial charge in [0.25, 0.3) is 5.56 Å². The average Bonchev–Trinajstić information content (AvgIpc) is 2.17. The molecule has 5 heteroatoms. The largest absolute Gasteiger partial charge is 0.493 e. The lowest BCUT2D eigenvalue weighted by atomic mass is 10.2. The Morgan fingerprint density at radius 2 is 2.33 bits per heavy atom. The van der Waals surface area contributed by atoms with Gasteiger partial charge >= 0.3 is 0 Å². The van der Waals surface area contributed by atoms with Gasteiger partial charge < -0.3 is 9.72 Å². The highest BCUT2D eigenvalue weighted by Gasteiger charge is 2.08. The molecule has 4 nitrogen and oxygen atoms in total. The van der Waals surface area contributed by atoms with Crippen molar-refractivity contribution in [1.29, 1.82) is 0 Å². The van der Waals surface area contributed by atoms with Crippen LogP contribution in [-0.4, -0.2) is 16.6 Å². The number of aromatic nitrogens is 2. The highest BCUT2D eigenvalue weighted by atomic mass is 79.9. The predicted octanol–water partition coefficient (Wildman–Crippen LogP) is 2.08. The van der Waals surface area contributed by atoms with Crippen molar-refractivity contribution in [3.63, 3.8) is 0 Å². The second-order valence-electron chi connectivity index (χ2n) is 2.96. The molecule has 0 radical (unpaired) electrons. The number of hydrogen-bond donors (Lipinski definition) is 1. The van der Waals surface area contributed by atoms with E-state index in [1.807, 2.05) is 6.92 Å². The molecular formula is C10H9BrN2O2. The number of nitrogens with one attached hydrogen (secondary N) is 1. The molecule has 0 bridgehead atoms. The highest BCUT2D eigenvalue weighted by Crippen LogP contribution is 2.26. The van der Waals surface area contributed by atoms with Crippen LogP contribution in [0.2, 0.25) is 0 Å². The first kappa shape index (κ1) is 10.2. The first-order valence-corrected chi connectivity index (χ1v) is 5.31. The maximum Gasteiger partial charge on any atom is 0.262 e. The van der Waals surface area contributed by atoms with Crippen molar-refractivity contribution in [3.05, 3.63) is 33.3 Å². The fraction of sp³-hybridized carbons (Fsp3) is 0.200. The molecule has 0 aliphatic rings. The minimum atomic E-state index is -0.184. The average molecular weight is 269 g/mol. The number of fused-ring (bicyclic) bond motifs is 1. The van der Waals surface area contributed by atoms with Gasteiger partial charge in [-0.1, -0.05) is 15.9 Å². The lowest BCUT2D eigenvalue weighted by Crippen LogP contribution is -2.08. The zero-order chi connectivity index (χ0) is 10.8. The van der Waals surface area contributed by atoms with Gasteiger partial charge in [0.15, 0.2) is 0 Å². The summed E-state index contributed by atoms with van der Waals surface area (Å²) < 4.78 is 6.23. The van der Waals surface area contributed by atoms with Crippen LogP contribution in [0, 0.1) is 0 Å². The van der Waals surface area contributed by atoms with Crippen molar-refractivity contribution in [2.45, 2.75) is 6.92 Å².